The summed E-state index contributed by atoms with van der Waals surface area (Å²) in [5.41, 5.74) is 7.76. The van der Waals surface area contributed by atoms with Crippen molar-refractivity contribution >= 4 is 49.2 Å². The Bertz CT molecular complexity index is 2890. The minimum absolute atomic E-state index is 0.412. The van der Waals surface area contributed by atoms with Gasteiger partial charge in [-0.15, -0.1) is 0 Å². The lowest BCUT2D eigenvalue weighted by Crippen LogP contribution is -2.15. The molecule has 0 aliphatic rings. The average molecular weight is 719 g/mol. The van der Waals surface area contributed by atoms with Crippen LogP contribution in [-0.4, -0.2) is 6.16 Å². The van der Waals surface area contributed by atoms with Crippen LogP contribution >= 0.6 is 0 Å². The van der Waals surface area contributed by atoms with Gasteiger partial charge in [-0.05, 0) is 101 Å². The van der Waals surface area contributed by atoms with Crippen molar-refractivity contribution in [1.29, 1.82) is 0 Å². The molecule has 10 rings (SSSR count). The minimum atomic E-state index is -0.816. The van der Waals surface area contributed by atoms with E-state index in [0.717, 1.165) is 87.6 Å². The molecule has 0 bridgehead atoms. The highest BCUT2D eigenvalue weighted by atomic mass is 16.7. The molecule has 0 aliphatic carbocycles. The van der Waals surface area contributed by atoms with E-state index < -0.39 is 6.16 Å². The van der Waals surface area contributed by atoms with E-state index in [-0.39, 0.29) is 0 Å². The van der Waals surface area contributed by atoms with E-state index in [1.54, 1.807) is 0 Å². The SMILES string of the molecule is O=C(Oc1ccc(-c2cccc3ccccc23)cc1-c1cccc2ccccc12)Oc1ccc(-c2cccc3ccccc23)cc1-c1cccc2ccccc12. The third-order valence-corrected chi connectivity index (χ3v) is 10.7. The fourth-order valence-electron chi connectivity index (χ4n) is 8.07. The maximum absolute atomic E-state index is 14.1. The predicted molar refractivity (Wildman–Crippen MR) is 231 cm³/mol. The Labute approximate surface area is 324 Å². The molecule has 3 heteroatoms. The Morgan fingerprint density at radius 1 is 0.286 bits per heavy atom. The molecule has 0 unspecified atom stereocenters. The van der Waals surface area contributed by atoms with Gasteiger partial charge in [0, 0.05) is 11.1 Å². The van der Waals surface area contributed by atoms with Gasteiger partial charge in [0.25, 0.3) is 0 Å². The van der Waals surface area contributed by atoms with Crippen LogP contribution in [0.4, 0.5) is 4.79 Å². The second-order valence-electron chi connectivity index (χ2n) is 14.0. The lowest BCUT2D eigenvalue weighted by atomic mass is 9.92. The van der Waals surface area contributed by atoms with E-state index in [1.165, 1.54) is 0 Å². The molecule has 56 heavy (non-hydrogen) atoms. The topological polar surface area (TPSA) is 35.5 Å². The second kappa shape index (κ2) is 14.1. The molecule has 0 heterocycles. The molecule has 0 saturated carbocycles. The first kappa shape index (κ1) is 33.1. The lowest BCUT2D eigenvalue weighted by molar-refractivity contribution is 0.152. The van der Waals surface area contributed by atoms with Gasteiger partial charge >= 0.3 is 6.16 Å². The normalized spacial score (nSPS) is 11.3. The summed E-state index contributed by atoms with van der Waals surface area (Å²) in [5.74, 6) is 0.823. The third-order valence-electron chi connectivity index (χ3n) is 10.7. The molecule has 0 aromatic heterocycles. The molecule has 0 aliphatic heterocycles. The van der Waals surface area contributed by atoms with Gasteiger partial charge in [-0.2, -0.15) is 0 Å². The van der Waals surface area contributed by atoms with Gasteiger partial charge in [-0.1, -0.05) is 182 Å². The Morgan fingerprint density at radius 3 is 0.964 bits per heavy atom. The summed E-state index contributed by atoms with van der Waals surface area (Å²) in [7, 11) is 0. The summed E-state index contributed by atoms with van der Waals surface area (Å²) >= 11 is 0. The number of rotatable bonds is 6. The highest BCUT2D eigenvalue weighted by Crippen LogP contribution is 2.42. The third kappa shape index (κ3) is 6.02. The van der Waals surface area contributed by atoms with Crippen LogP contribution in [0.5, 0.6) is 11.5 Å². The Morgan fingerprint density at radius 2 is 0.589 bits per heavy atom. The molecule has 0 amide bonds. The van der Waals surface area contributed by atoms with Crippen molar-refractivity contribution < 1.29 is 14.3 Å². The van der Waals surface area contributed by atoms with Crippen molar-refractivity contribution in [2.45, 2.75) is 0 Å². The van der Waals surface area contributed by atoms with E-state index in [9.17, 15) is 4.79 Å². The van der Waals surface area contributed by atoms with Crippen LogP contribution in [-0.2, 0) is 0 Å². The van der Waals surface area contributed by atoms with Crippen LogP contribution in [0.3, 0.4) is 0 Å². The molecular formula is C53H34O3. The van der Waals surface area contributed by atoms with Crippen LogP contribution in [0.15, 0.2) is 206 Å². The number of hydrogen-bond donors (Lipinski definition) is 0. The number of fused-ring (bicyclic) bond motifs is 4. The Kier molecular flexibility index (Phi) is 8.31. The monoisotopic (exact) mass is 718 g/mol. The number of hydrogen-bond acceptors (Lipinski definition) is 3. The summed E-state index contributed by atoms with van der Waals surface area (Å²) < 4.78 is 12.4. The van der Waals surface area contributed by atoms with Crippen LogP contribution in [0.2, 0.25) is 0 Å². The lowest BCUT2D eigenvalue weighted by Gasteiger charge is -2.17. The first-order chi connectivity index (χ1) is 27.7. The van der Waals surface area contributed by atoms with Gasteiger partial charge in [0.05, 0.1) is 0 Å². The van der Waals surface area contributed by atoms with Gasteiger partial charge in [0.15, 0.2) is 0 Å². The van der Waals surface area contributed by atoms with Gasteiger partial charge in [0.2, 0.25) is 0 Å². The number of carbonyl (C=O) groups excluding carboxylic acids is 1. The van der Waals surface area contributed by atoms with Crippen LogP contribution in [0, 0.1) is 0 Å². The molecule has 0 fully saturated rings. The van der Waals surface area contributed by atoms with Gasteiger partial charge in [-0.3, -0.25) is 0 Å². The molecule has 264 valence electrons. The molecule has 0 spiro atoms. The highest BCUT2D eigenvalue weighted by Gasteiger charge is 2.20. The number of benzene rings is 10. The van der Waals surface area contributed by atoms with Crippen molar-refractivity contribution in [1.82, 2.24) is 0 Å². The highest BCUT2D eigenvalue weighted by molar-refractivity contribution is 6.03. The largest absolute Gasteiger partial charge is 0.519 e. The van der Waals surface area contributed by atoms with E-state index in [4.69, 9.17) is 9.47 Å². The standard InChI is InChI=1S/C53H34O3/c54-53(55-51-31-29-39(45-25-9-17-35-13-1-5-21-41(35)45)33-49(51)47-27-11-19-37-15-3-7-23-43(37)47)56-52-32-30-40(46-26-10-18-36-14-2-6-22-42(36)46)34-50(52)48-28-12-20-38-16-4-8-24-44(38)48/h1-34H. The molecule has 0 saturated heterocycles. The molecule has 10 aromatic rings. The van der Waals surface area contributed by atoms with Crippen LogP contribution < -0.4 is 9.47 Å². The Balaban J connectivity index is 1.08. The minimum Gasteiger partial charge on any atom is -0.394 e. The fraction of sp³-hybridized carbons (Fsp3) is 0. The summed E-state index contributed by atoms with van der Waals surface area (Å²) in [6, 6.07) is 70.4. The van der Waals surface area contributed by atoms with Crippen molar-refractivity contribution in [2.75, 3.05) is 0 Å². The average Bonchev–Trinajstić information content (AvgIpc) is 3.26. The zero-order chi connectivity index (χ0) is 37.4. The molecule has 0 atom stereocenters. The van der Waals surface area contributed by atoms with E-state index in [2.05, 4.69) is 146 Å². The first-order valence-corrected chi connectivity index (χ1v) is 18.8. The molecule has 0 N–H and O–H groups in total. The smallest absolute Gasteiger partial charge is 0.394 e. The first-order valence-electron chi connectivity index (χ1n) is 18.8. The van der Waals surface area contributed by atoms with E-state index in [1.807, 2.05) is 60.7 Å². The van der Waals surface area contributed by atoms with E-state index in [0.29, 0.717) is 11.5 Å². The van der Waals surface area contributed by atoms with Gasteiger partial charge in [0.1, 0.15) is 11.5 Å². The zero-order valence-corrected chi connectivity index (χ0v) is 30.4. The quantitative estimate of drug-likeness (QED) is 0.127. The number of ether oxygens (including phenoxy) is 2. The molecule has 0 radical (unpaired) electrons. The van der Waals surface area contributed by atoms with Crippen molar-refractivity contribution in [3.8, 4) is 56.0 Å². The summed E-state index contributed by atoms with van der Waals surface area (Å²) in [5, 5.41) is 8.94. The van der Waals surface area contributed by atoms with Gasteiger partial charge < -0.3 is 9.47 Å². The fourth-order valence-corrected chi connectivity index (χ4v) is 8.07. The van der Waals surface area contributed by atoms with Crippen molar-refractivity contribution in [3.63, 3.8) is 0 Å². The maximum atomic E-state index is 14.1. The van der Waals surface area contributed by atoms with Crippen molar-refractivity contribution in [3.05, 3.63) is 206 Å². The summed E-state index contributed by atoms with van der Waals surface area (Å²) in [6.45, 7) is 0. The van der Waals surface area contributed by atoms with Crippen LogP contribution in [0.25, 0.3) is 87.6 Å². The number of carbonyl (C=O) groups is 1. The molecular weight excluding hydrogens is 685 g/mol. The Hall–Kier alpha value is -7.49. The second-order valence-corrected chi connectivity index (χ2v) is 14.0. The molecule has 3 nitrogen and oxygen atoms in total. The molecule has 10 aromatic carbocycles. The maximum Gasteiger partial charge on any atom is 0.519 e. The van der Waals surface area contributed by atoms with Crippen LogP contribution in [0.1, 0.15) is 0 Å². The van der Waals surface area contributed by atoms with Crippen molar-refractivity contribution in [2.24, 2.45) is 0 Å². The summed E-state index contributed by atoms with van der Waals surface area (Å²) in [4.78, 5) is 14.1. The predicted octanol–water partition coefficient (Wildman–Crippen LogP) is 14.5. The van der Waals surface area contributed by atoms with E-state index >= 15 is 0 Å². The zero-order valence-electron chi connectivity index (χ0n) is 30.4. The summed E-state index contributed by atoms with van der Waals surface area (Å²) in [6.07, 6.45) is -0.816. The van der Waals surface area contributed by atoms with Gasteiger partial charge in [-0.25, -0.2) is 4.79 Å².